The summed E-state index contributed by atoms with van der Waals surface area (Å²) in [5, 5.41) is 3.05. The Balaban J connectivity index is 1.39. The number of carbonyl (C=O) groups is 1. The number of hydrogen-bond acceptors (Lipinski definition) is 4. The predicted molar refractivity (Wildman–Crippen MR) is 128 cm³/mol. The molecule has 0 radical (unpaired) electrons. The molecule has 2 aliphatic heterocycles. The molecule has 6 nitrogen and oxygen atoms in total. The molecule has 1 amide bonds. The molecule has 2 unspecified atom stereocenters. The van der Waals surface area contributed by atoms with Crippen LogP contribution in [0.1, 0.15) is 36.5 Å². The van der Waals surface area contributed by atoms with E-state index in [1.165, 1.54) is 28.6 Å². The monoisotopic (exact) mass is 493 g/mol. The first-order valence-electron chi connectivity index (χ1n) is 11.3. The molecular formula is C24H29ClFN3O3S. The minimum Gasteiger partial charge on any atom is -0.371 e. The highest BCUT2D eigenvalue weighted by atomic mass is 35.5. The van der Waals surface area contributed by atoms with Crippen molar-refractivity contribution in [2.75, 3.05) is 37.6 Å². The molecule has 2 aliphatic rings. The van der Waals surface area contributed by atoms with E-state index in [0.29, 0.717) is 25.6 Å². The number of carbonyl (C=O) groups excluding carboxylic acids is 1. The van der Waals surface area contributed by atoms with Crippen molar-refractivity contribution < 1.29 is 17.6 Å². The van der Waals surface area contributed by atoms with Crippen LogP contribution >= 0.6 is 11.6 Å². The van der Waals surface area contributed by atoms with Gasteiger partial charge in [0.25, 0.3) is 5.91 Å². The number of anilines is 1. The first-order chi connectivity index (χ1) is 15.7. The Kier molecular flexibility index (Phi) is 7.26. The summed E-state index contributed by atoms with van der Waals surface area (Å²) < 4.78 is 41.0. The molecule has 0 spiro atoms. The molecule has 2 fully saturated rings. The average Bonchev–Trinajstić information content (AvgIpc) is 3.27. The Morgan fingerprint density at radius 1 is 1.12 bits per heavy atom. The average molecular weight is 494 g/mol. The molecule has 0 aromatic heterocycles. The Bertz CT molecular complexity index is 1110. The lowest BCUT2D eigenvalue weighted by Crippen LogP contribution is -2.39. The highest BCUT2D eigenvalue weighted by Gasteiger charge is 2.31. The third-order valence-electron chi connectivity index (χ3n) is 6.46. The van der Waals surface area contributed by atoms with Gasteiger partial charge in [0.05, 0.1) is 5.02 Å². The third-order valence-corrected chi connectivity index (χ3v) is 8.81. The fourth-order valence-corrected chi connectivity index (χ4v) is 6.67. The number of amides is 1. The zero-order valence-electron chi connectivity index (χ0n) is 18.6. The minimum atomic E-state index is -3.77. The molecule has 2 heterocycles. The van der Waals surface area contributed by atoms with E-state index in [1.54, 1.807) is 18.2 Å². The molecule has 2 aromatic rings. The maximum atomic E-state index is 13.2. The van der Waals surface area contributed by atoms with Crippen molar-refractivity contribution in [3.63, 3.8) is 0 Å². The van der Waals surface area contributed by atoms with Gasteiger partial charge in [0.2, 0.25) is 10.0 Å². The van der Waals surface area contributed by atoms with Gasteiger partial charge in [-0.25, -0.2) is 12.8 Å². The van der Waals surface area contributed by atoms with Crippen LogP contribution in [0.3, 0.4) is 0 Å². The van der Waals surface area contributed by atoms with Crippen molar-refractivity contribution in [2.24, 2.45) is 11.8 Å². The topological polar surface area (TPSA) is 69.7 Å². The second-order valence-corrected chi connectivity index (χ2v) is 11.4. The van der Waals surface area contributed by atoms with Gasteiger partial charge in [-0.15, -0.1) is 0 Å². The van der Waals surface area contributed by atoms with Crippen molar-refractivity contribution in [1.29, 1.82) is 0 Å². The van der Waals surface area contributed by atoms with Gasteiger partial charge in [-0.2, -0.15) is 4.31 Å². The predicted octanol–water partition coefficient (Wildman–Crippen LogP) is 4.16. The van der Waals surface area contributed by atoms with E-state index >= 15 is 0 Å². The summed E-state index contributed by atoms with van der Waals surface area (Å²) in [6.07, 6.45) is 2.72. The van der Waals surface area contributed by atoms with Gasteiger partial charge in [0.1, 0.15) is 10.7 Å². The molecule has 33 heavy (non-hydrogen) atoms. The molecule has 2 atom stereocenters. The standard InChI is InChI=1S/C24H29ClFN3O3S/c1-17-3-2-11-29(15-17)33(31,32)23-13-19(4-9-22(23)25)24(30)27-14-18-10-12-28(16-18)21-7-5-20(26)6-8-21/h4-9,13,17-18H,2-3,10-12,14-16H2,1H3,(H,27,30). The zero-order chi connectivity index (χ0) is 23.6. The lowest BCUT2D eigenvalue weighted by atomic mass is 10.0. The second-order valence-electron chi connectivity index (χ2n) is 9.04. The van der Waals surface area contributed by atoms with E-state index in [9.17, 15) is 17.6 Å². The number of hydrogen-bond donors (Lipinski definition) is 1. The van der Waals surface area contributed by atoms with Crippen molar-refractivity contribution in [3.05, 3.63) is 58.9 Å². The molecule has 178 valence electrons. The molecule has 1 N–H and O–H groups in total. The summed E-state index contributed by atoms with van der Waals surface area (Å²) in [7, 11) is -3.77. The number of halogens is 2. The second kappa shape index (κ2) is 9.99. The van der Waals surface area contributed by atoms with E-state index < -0.39 is 10.0 Å². The Labute approximate surface area is 199 Å². The van der Waals surface area contributed by atoms with Gasteiger partial charge in [0, 0.05) is 44.0 Å². The first kappa shape index (κ1) is 24.0. The van der Waals surface area contributed by atoms with Crippen molar-refractivity contribution in [3.8, 4) is 0 Å². The molecular weight excluding hydrogens is 465 g/mol. The lowest BCUT2D eigenvalue weighted by molar-refractivity contribution is 0.0948. The first-order valence-corrected chi connectivity index (χ1v) is 13.1. The minimum absolute atomic E-state index is 0.0192. The van der Waals surface area contributed by atoms with Gasteiger partial charge in [-0.1, -0.05) is 18.5 Å². The van der Waals surface area contributed by atoms with Crippen LogP contribution in [0.2, 0.25) is 5.02 Å². The number of rotatable bonds is 6. The highest BCUT2D eigenvalue weighted by molar-refractivity contribution is 7.89. The maximum Gasteiger partial charge on any atom is 0.251 e. The van der Waals surface area contributed by atoms with Gasteiger partial charge in [-0.05, 0) is 73.6 Å². The Morgan fingerprint density at radius 2 is 1.88 bits per heavy atom. The number of piperidine rings is 1. The van der Waals surface area contributed by atoms with E-state index in [1.807, 2.05) is 6.92 Å². The van der Waals surface area contributed by atoms with Gasteiger partial charge < -0.3 is 10.2 Å². The van der Waals surface area contributed by atoms with Crippen molar-refractivity contribution >= 4 is 33.2 Å². The molecule has 2 saturated heterocycles. The van der Waals surface area contributed by atoms with Crippen molar-refractivity contribution in [1.82, 2.24) is 9.62 Å². The summed E-state index contributed by atoms with van der Waals surface area (Å²) in [6.45, 7) is 5.04. The highest BCUT2D eigenvalue weighted by Crippen LogP contribution is 2.29. The van der Waals surface area contributed by atoms with Crippen LogP contribution in [0.25, 0.3) is 0 Å². The zero-order valence-corrected chi connectivity index (χ0v) is 20.2. The summed E-state index contributed by atoms with van der Waals surface area (Å²) in [4.78, 5) is 14.9. The Morgan fingerprint density at radius 3 is 2.61 bits per heavy atom. The molecule has 2 aromatic carbocycles. The normalized spacial score (nSPS) is 21.8. The van der Waals surface area contributed by atoms with Gasteiger partial charge in [-0.3, -0.25) is 4.79 Å². The smallest absolute Gasteiger partial charge is 0.251 e. The van der Waals surface area contributed by atoms with Crippen LogP contribution in [0.5, 0.6) is 0 Å². The SMILES string of the molecule is CC1CCCN(S(=O)(=O)c2cc(C(=O)NCC3CCN(c4ccc(F)cc4)C3)ccc2Cl)C1. The van der Waals surface area contributed by atoms with Gasteiger partial charge >= 0.3 is 0 Å². The van der Waals surface area contributed by atoms with Crippen molar-refractivity contribution in [2.45, 2.75) is 31.1 Å². The number of benzene rings is 2. The molecule has 4 rings (SSSR count). The summed E-state index contributed by atoms with van der Waals surface area (Å²) in [6, 6.07) is 10.8. The summed E-state index contributed by atoms with van der Waals surface area (Å²) >= 11 is 6.24. The Hall–Kier alpha value is -2.16. The molecule has 0 bridgehead atoms. The van der Waals surface area contributed by atoms with Crippen LogP contribution in [0, 0.1) is 17.7 Å². The fraction of sp³-hybridized carbons (Fsp3) is 0.458. The van der Waals surface area contributed by atoms with Crippen LogP contribution in [0.4, 0.5) is 10.1 Å². The van der Waals surface area contributed by atoms with Crippen LogP contribution < -0.4 is 10.2 Å². The number of nitrogens with zero attached hydrogens (tertiary/aromatic N) is 2. The summed E-state index contributed by atoms with van der Waals surface area (Å²) in [5.74, 6) is -0.0414. The van der Waals surface area contributed by atoms with E-state index in [4.69, 9.17) is 11.6 Å². The fourth-order valence-electron chi connectivity index (χ4n) is 4.57. The largest absolute Gasteiger partial charge is 0.371 e. The summed E-state index contributed by atoms with van der Waals surface area (Å²) in [5.41, 5.74) is 1.24. The van der Waals surface area contributed by atoms with Gasteiger partial charge in [0.15, 0.2) is 0 Å². The van der Waals surface area contributed by atoms with E-state index in [2.05, 4.69) is 10.2 Å². The molecule has 9 heteroatoms. The van der Waals surface area contributed by atoms with E-state index in [0.717, 1.165) is 38.0 Å². The maximum absolute atomic E-state index is 13.2. The molecule has 0 aliphatic carbocycles. The lowest BCUT2D eigenvalue weighted by Gasteiger charge is -2.30. The van der Waals surface area contributed by atoms with Crippen LogP contribution in [0.15, 0.2) is 47.4 Å². The van der Waals surface area contributed by atoms with E-state index in [-0.39, 0.29) is 33.1 Å². The molecule has 0 saturated carbocycles. The van der Waals surface area contributed by atoms with Crippen LogP contribution in [-0.2, 0) is 10.0 Å². The third kappa shape index (κ3) is 5.50. The number of nitrogens with one attached hydrogen (secondary N) is 1. The van der Waals surface area contributed by atoms with Crippen LogP contribution in [-0.4, -0.2) is 51.4 Å². The number of sulfonamides is 1. The quantitative estimate of drug-likeness (QED) is 0.656.